The van der Waals surface area contributed by atoms with Gasteiger partial charge in [-0.1, -0.05) is 0 Å². The van der Waals surface area contributed by atoms with E-state index in [9.17, 15) is 19.2 Å². The molecular formula is C12H18N4O4. The van der Waals surface area contributed by atoms with Gasteiger partial charge in [-0.3, -0.25) is 20.2 Å². The first-order valence-corrected chi connectivity index (χ1v) is 6.25. The topological polar surface area (TPSA) is 98.8 Å². The number of nitrogens with one attached hydrogen (secondary N) is 2. The Kier molecular flexibility index (Phi) is 2.99. The number of rotatable bonds is 1. The molecule has 0 bridgehead atoms. The summed E-state index contributed by atoms with van der Waals surface area (Å²) >= 11 is 0. The summed E-state index contributed by atoms with van der Waals surface area (Å²) in [6.45, 7) is 3.50. The van der Waals surface area contributed by atoms with Crippen molar-refractivity contribution in [2.24, 2.45) is 10.8 Å². The van der Waals surface area contributed by atoms with Gasteiger partial charge in [0.05, 0.1) is 10.8 Å². The molecule has 2 aliphatic heterocycles. The summed E-state index contributed by atoms with van der Waals surface area (Å²) in [5, 5.41) is 4.51. The normalized spacial score (nSPS) is 35.0. The maximum absolute atomic E-state index is 12.3. The Bertz CT molecular complexity index is 474. The van der Waals surface area contributed by atoms with Crippen LogP contribution in [0.1, 0.15) is 13.8 Å². The molecule has 2 heterocycles. The van der Waals surface area contributed by atoms with Crippen molar-refractivity contribution in [1.82, 2.24) is 20.4 Å². The fraction of sp³-hybridized carbons (Fsp3) is 0.667. The molecule has 110 valence electrons. The standard InChI is InChI=1S/C12H18N4O4/c1-11(5-15(3)9(19)13-7(11)17)12(2)6-16(4)10(20)14-8(12)18/h5-6H2,1-4H3,(H,13,17,19)(H,14,18,20)/t11-,12-/m0/s1. The maximum Gasteiger partial charge on any atom is 0.323 e. The lowest BCUT2D eigenvalue weighted by Crippen LogP contribution is -2.71. The minimum absolute atomic E-state index is 0.115. The Balaban J connectivity index is 2.41. The van der Waals surface area contributed by atoms with Crippen LogP contribution < -0.4 is 10.6 Å². The smallest absolute Gasteiger partial charge is 0.323 e. The Hall–Kier alpha value is -2.12. The molecule has 2 fully saturated rings. The molecule has 0 unspecified atom stereocenters. The summed E-state index contributed by atoms with van der Waals surface area (Å²) in [6, 6.07) is -0.978. The number of amides is 6. The van der Waals surface area contributed by atoms with Crippen LogP contribution >= 0.6 is 0 Å². The van der Waals surface area contributed by atoms with Crippen molar-refractivity contribution in [3.05, 3.63) is 0 Å². The first-order valence-electron chi connectivity index (χ1n) is 6.25. The minimum Gasteiger partial charge on any atom is -0.326 e. The number of carbonyl (C=O) groups excluding carboxylic acids is 4. The van der Waals surface area contributed by atoms with Gasteiger partial charge in [0.1, 0.15) is 0 Å². The van der Waals surface area contributed by atoms with E-state index in [0.29, 0.717) is 0 Å². The Morgan fingerprint density at radius 1 is 0.800 bits per heavy atom. The number of urea groups is 2. The molecule has 0 aliphatic carbocycles. The van der Waals surface area contributed by atoms with Crippen LogP contribution in [0.4, 0.5) is 9.59 Å². The Morgan fingerprint density at radius 2 is 1.10 bits per heavy atom. The Morgan fingerprint density at radius 3 is 1.40 bits per heavy atom. The lowest BCUT2D eigenvalue weighted by atomic mass is 9.62. The van der Waals surface area contributed by atoms with Crippen LogP contribution in [0.15, 0.2) is 0 Å². The zero-order chi connectivity index (χ0) is 15.3. The average molecular weight is 282 g/mol. The van der Waals surface area contributed by atoms with Gasteiger partial charge in [0.25, 0.3) is 0 Å². The van der Waals surface area contributed by atoms with Gasteiger partial charge in [0, 0.05) is 27.2 Å². The fourth-order valence-electron chi connectivity index (χ4n) is 2.75. The molecule has 0 aromatic rings. The average Bonchev–Trinajstić information content (AvgIpc) is 2.34. The monoisotopic (exact) mass is 282 g/mol. The highest BCUT2D eigenvalue weighted by Gasteiger charge is 2.60. The van der Waals surface area contributed by atoms with Gasteiger partial charge in [-0.05, 0) is 13.8 Å². The van der Waals surface area contributed by atoms with E-state index in [1.54, 1.807) is 27.9 Å². The number of imide groups is 2. The summed E-state index contributed by atoms with van der Waals surface area (Å²) in [6.07, 6.45) is 0. The van der Waals surface area contributed by atoms with Gasteiger partial charge >= 0.3 is 12.1 Å². The number of hydrogen-bond donors (Lipinski definition) is 2. The van der Waals surface area contributed by atoms with Crippen LogP contribution in [-0.4, -0.2) is 60.9 Å². The van der Waals surface area contributed by atoms with Crippen molar-refractivity contribution in [1.29, 1.82) is 0 Å². The highest BCUT2D eigenvalue weighted by Crippen LogP contribution is 2.43. The van der Waals surface area contributed by atoms with Crippen LogP contribution in [-0.2, 0) is 9.59 Å². The van der Waals surface area contributed by atoms with Crippen LogP contribution in [0.3, 0.4) is 0 Å². The van der Waals surface area contributed by atoms with Gasteiger partial charge < -0.3 is 9.80 Å². The highest BCUT2D eigenvalue weighted by atomic mass is 16.2. The number of carbonyl (C=O) groups is 4. The van der Waals surface area contributed by atoms with Crippen LogP contribution in [0.5, 0.6) is 0 Å². The van der Waals surface area contributed by atoms with E-state index >= 15 is 0 Å². The number of nitrogens with zero attached hydrogens (tertiary/aromatic N) is 2. The van der Waals surface area contributed by atoms with E-state index in [2.05, 4.69) is 10.6 Å². The maximum atomic E-state index is 12.3. The minimum atomic E-state index is -1.12. The van der Waals surface area contributed by atoms with Gasteiger partial charge in [0.2, 0.25) is 11.8 Å². The molecule has 2 saturated heterocycles. The Labute approximate surface area is 116 Å². The van der Waals surface area contributed by atoms with E-state index in [1.165, 1.54) is 9.80 Å². The highest BCUT2D eigenvalue weighted by molar-refractivity contribution is 6.06. The molecule has 20 heavy (non-hydrogen) atoms. The molecule has 6 amide bonds. The summed E-state index contributed by atoms with van der Waals surface area (Å²) in [4.78, 5) is 50.3. The molecule has 8 heteroatoms. The van der Waals surface area contributed by atoms with Crippen molar-refractivity contribution in [3.8, 4) is 0 Å². The second-order valence-electron chi connectivity index (χ2n) is 5.89. The lowest BCUT2D eigenvalue weighted by molar-refractivity contribution is -0.154. The third-order valence-corrected chi connectivity index (χ3v) is 4.46. The van der Waals surface area contributed by atoms with Gasteiger partial charge in [-0.15, -0.1) is 0 Å². The SMILES string of the molecule is CN1C[C@](C)([C@@]2(C)CN(C)C(=O)NC2=O)C(=O)NC1=O. The first-order chi connectivity index (χ1) is 9.11. The summed E-state index contributed by atoms with van der Waals surface area (Å²) < 4.78 is 0. The van der Waals surface area contributed by atoms with Crippen molar-refractivity contribution in [2.45, 2.75) is 13.8 Å². The van der Waals surface area contributed by atoms with E-state index in [1.807, 2.05) is 0 Å². The van der Waals surface area contributed by atoms with E-state index in [4.69, 9.17) is 0 Å². The number of hydrogen-bond acceptors (Lipinski definition) is 4. The summed E-state index contributed by atoms with van der Waals surface area (Å²) in [5.74, 6) is -0.998. The second kappa shape index (κ2) is 4.19. The van der Waals surface area contributed by atoms with Gasteiger partial charge in [0.15, 0.2) is 0 Å². The predicted octanol–water partition coefficient (Wildman–Crippen LogP) is -0.638. The second-order valence-corrected chi connectivity index (χ2v) is 5.89. The lowest BCUT2D eigenvalue weighted by Gasteiger charge is -2.50. The molecule has 0 saturated carbocycles. The quantitative estimate of drug-likeness (QED) is 0.668. The molecule has 2 aliphatic rings. The zero-order valence-corrected chi connectivity index (χ0v) is 11.9. The first kappa shape index (κ1) is 14.3. The van der Waals surface area contributed by atoms with Crippen molar-refractivity contribution < 1.29 is 19.2 Å². The largest absolute Gasteiger partial charge is 0.326 e. The molecule has 0 aromatic heterocycles. The molecule has 0 radical (unpaired) electrons. The van der Waals surface area contributed by atoms with Crippen molar-refractivity contribution >= 4 is 23.9 Å². The predicted molar refractivity (Wildman–Crippen MR) is 68.6 cm³/mol. The van der Waals surface area contributed by atoms with Gasteiger partial charge in [-0.25, -0.2) is 9.59 Å². The van der Waals surface area contributed by atoms with E-state index in [-0.39, 0.29) is 13.1 Å². The van der Waals surface area contributed by atoms with Crippen molar-refractivity contribution in [2.75, 3.05) is 27.2 Å². The fourth-order valence-corrected chi connectivity index (χ4v) is 2.75. The van der Waals surface area contributed by atoms with Crippen LogP contribution in [0, 0.1) is 10.8 Å². The molecule has 2 N–H and O–H groups in total. The molecule has 2 atom stereocenters. The molecule has 2 rings (SSSR count). The van der Waals surface area contributed by atoms with Crippen molar-refractivity contribution in [3.63, 3.8) is 0 Å². The zero-order valence-electron chi connectivity index (χ0n) is 11.9. The summed E-state index contributed by atoms with van der Waals surface area (Å²) in [5.41, 5.74) is -2.23. The van der Waals surface area contributed by atoms with E-state index < -0.39 is 34.7 Å². The van der Waals surface area contributed by atoms with Gasteiger partial charge in [-0.2, -0.15) is 0 Å². The molecule has 8 nitrogen and oxygen atoms in total. The third-order valence-electron chi connectivity index (χ3n) is 4.46. The summed E-state index contributed by atoms with van der Waals surface area (Å²) in [7, 11) is 3.11. The third kappa shape index (κ3) is 1.75. The van der Waals surface area contributed by atoms with Crippen LogP contribution in [0.2, 0.25) is 0 Å². The molecule has 0 spiro atoms. The van der Waals surface area contributed by atoms with Crippen LogP contribution in [0.25, 0.3) is 0 Å². The van der Waals surface area contributed by atoms with E-state index in [0.717, 1.165) is 0 Å². The molecule has 0 aromatic carbocycles. The molecular weight excluding hydrogens is 264 g/mol.